The Balaban J connectivity index is 2.30. The van der Waals surface area contributed by atoms with Gasteiger partial charge in [-0.3, -0.25) is 0 Å². The summed E-state index contributed by atoms with van der Waals surface area (Å²) in [4.78, 5) is 0. The molecule has 16 heavy (non-hydrogen) atoms. The molecule has 0 radical (unpaired) electrons. The normalized spacial score (nSPS) is 25.7. The van der Waals surface area contributed by atoms with Crippen LogP contribution in [0.2, 0.25) is 5.02 Å². The molecule has 2 unspecified atom stereocenters. The molecule has 1 heterocycles. The predicted octanol–water partition coefficient (Wildman–Crippen LogP) is 4.19. The summed E-state index contributed by atoms with van der Waals surface area (Å²) in [6.45, 7) is 0.657. The molecular formula is C12H13Cl2FO. The lowest BCUT2D eigenvalue weighted by Crippen LogP contribution is -2.24. The number of halogens is 3. The average molecular weight is 263 g/mol. The first kappa shape index (κ1) is 12.2. The fourth-order valence-corrected chi connectivity index (χ4v) is 2.57. The molecule has 4 heteroatoms. The largest absolute Gasteiger partial charge is 0.373 e. The van der Waals surface area contributed by atoms with E-state index in [1.54, 1.807) is 12.1 Å². The summed E-state index contributed by atoms with van der Waals surface area (Å²) in [6, 6.07) is 4.55. The van der Waals surface area contributed by atoms with E-state index in [-0.39, 0.29) is 17.8 Å². The van der Waals surface area contributed by atoms with Crippen LogP contribution in [-0.4, -0.2) is 12.5 Å². The average Bonchev–Trinajstić information content (AvgIpc) is 2.32. The minimum absolute atomic E-state index is 0.170. The first-order valence-electron chi connectivity index (χ1n) is 5.35. The summed E-state index contributed by atoms with van der Waals surface area (Å²) in [7, 11) is 0. The van der Waals surface area contributed by atoms with E-state index in [1.807, 2.05) is 0 Å². The zero-order valence-corrected chi connectivity index (χ0v) is 10.3. The van der Waals surface area contributed by atoms with Crippen molar-refractivity contribution in [2.24, 2.45) is 5.92 Å². The van der Waals surface area contributed by atoms with Gasteiger partial charge in [-0.05, 0) is 31.0 Å². The lowest BCUT2D eigenvalue weighted by Gasteiger charge is -2.31. The van der Waals surface area contributed by atoms with Crippen molar-refractivity contribution in [3.05, 3.63) is 34.6 Å². The van der Waals surface area contributed by atoms with Crippen LogP contribution in [0.15, 0.2) is 18.2 Å². The molecule has 0 aromatic heterocycles. The molecule has 1 aliphatic heterocycles. The number of hydrogen-bond donors (Lipinski definition) is 0. The van der Waals surface area contributed by atoms with Crippen LogP contribution in [0.1, 0.15) is 24.5 Å². The van der Waals surface area contributed by atoms with Crippen LogP contribution >= 0.6 is 23.2 Å². The monoisotopic (exact) mass is 262 g/mol. The van der Waals surface area contributed by atoms with Crippen molar-refractivity contribution >= 4 is 23.2 Å². The van der Waals surface area contributed by atoms with Crippen LogP contribution in [0.4, 0.5) is 4.39 Å². The Labute approximate surface area is 105 Å². The second-order valence-corrected chi connectivity index (χ2v) is 4.76. The predicted molar refractivity (Wildman–Crippen MR) is 63.5 cm³/mol. The van der Waals surface area contributed by atoms with Crippen molar-refractivity contribution in [1.82, 2.24) is 0 Å². The second-order valence-electron chi connectivity index (χ2n) is 4.01. The van der Waals surface area contributed by atoms with E-state index in [9.17, 15) is 4.39 Å². The zero-order chi connectivity index (χ0) is 11.5. The van der Waals surface area contributed by atoms with Gasteiger partial charge in [-0.1, -0.05) is 11.6 Å². The highest BCUT2D eigenvalue weighted by atomic mass is 35.5. The molecule has 0 amide bonds. The van der Waals surface area contributed by atoms with Crippen molar-refractivity contribution in [2.45, 2.75) is 18.9 Å². The maximum Gasteiger partial charge on any atom is 0.129 e. The van der Waals surface area contributed by atoms with Crippen LogP contribution in [-0.2, 0) is 4.74 Å². The van der Waals surface area contributed by atoms with Gasteiger partial charge in [0, 0.05) is 29.0 Å². The van der Waals surface area contributed by atoms with Gasteiger partial charge in [-0.15, -0.1) is 11.6 Å². The fraction of sp³-hybridized carbons (Fsp3) is 0.500. The number of rotatable bonds is 2. The number of hydrogen-bond acceptors (Lipinski definition) is 1. The number of ether oxygens (including phenoxy) is 1. The van der Waals surface area contributed by atoms with Gasteiger partial charge in [0.05, 0.1) is 6.10 Å². The van der Waals surface area contributed by atoms with Crippen molar-refractivity contribution in [3.63, 3.8) is 0 Å². The van der Waals surface area contributed by atoms with Gasteiger partial charge in [0.15, 0.2) is 0 Å². The summed E-state index contributed by atoms with van der Waals surface area (Å²) >= 11 is 11.8. The van der Waals surface area contributed by atoms with Crippen LogP contribution < -0.4 is 0 Å². The molecule has 1 nitrogen and oxygen atoms in total. The molecule has 2 rings (SSSR count). The molecule has 1 aromatic carbocycles. The summed E-state index contributed by atoms with van der Waals surface area (Å²) in [6.07, 6.45) is 1.70. The minimum atomic E-state index is -0.272. The van der Waals surface area contributed by atoms with E-state index in [0.717, 1.165) is 12.8 Å². The van der Waals surface area contributed by atoms with E-state index in [0.29, 0.717) is 23.1 Å². The summed E-state index contributed by atoms with van der Waals surface area (Å²) < 4.78 is 19.3. The number of benzene rings is 1. The third kappa shape index (κ3) is 2.50. The third-order valence-electron chi connectivity index (χ3n) is 2.91. The Bertz CT molecular complexity index is 370. The lowest BCUT2D eigenvalue weighted by molar-refractivity contribution is -0.0227. The summed E-state index contributed by atoms with van der Waals surface area (Å²) in [5, 5.41) is 0.527. The van der Waals surface area contributed by atoms with E-state index in [1.165, 1.54) is 6.07 Å². The van der Waals surface area contributed by atoms with Crippen LogP contribution in [0.25, 0.3) is 0 Å². The Morgan fingerprint density at radius 2 is 2.25 bits per heavy atom. The van der Waals surface area contributed by atoms with Crippen LogP contribution in [0.5, 0.6) is 0 Å². The van der Waals surface area contributed by atoms with Gasteiger partial charge in [-0.2, -0.15) is 0 Å². The van der Waals surface area contributed by atoms with E-state index < -0.39 is 0 Å². The fourth-order valence-electron chi connectivity index (χ4n) is 2.08. The number of alkyl halides is 1. The first-order valence-corrected chi connectivity index (χ1v) is 6.26. The summed E-state index contributed by atoms with van der Waals surface area (Å²) in [5.74, 6) is 0.381. The van der Waals surface area contributed by atoms with E-state index >= 15 is 0 Å². The standard InChI is InChI=1S/C12H13Cl2FO/c13-7-8-2-1-5-16-12(8)10-6-9(14)3-4-11(10)15/h3-4,6,8,12H,1-2,5,7H2. The Morgan fingerprint density at radius 3 is 3.00 bits per heavy atom. The zero-order valence-electron chi connectivity index (χ0n) is 8.76. The Morgan fingerprint density at radius 1 is 1.44 bits per heavy atom. The third-order valence-corrected chi connectivity index (χ3v) is 3.54. The molecule has 1 aromatic rings. The molecule has 0 saturated carbocycles. The molecule has 0 spiro atoms. The Kier molecular flexibility index (Phi) is 4.06. The second kappa shape index (κ2) is 5.35. The molecule has 0 N–H and O–H groups in total. The highest BCUT2D eigenvalue weighted by Gasteiger charge is 2.28. The highest BCUT2D eigenvalue weighted by Crippen LogP contribution is 2.36. The van der Waals surface area contributed by atoms with Crippen molar-refractivity contribution in [2.75, 3.05) is 12.5 Å². The van der Waals surface area contributed by atoms with E-state index in [2.05, 4.69) is 0 Å². The molecule has 1 aliphatic rings. The quantitative estimate of drug-likeness (QED) is 0.727. The van der Waals surface area contributed by atoms with Crippen molar-refractivity contribution < 1.29 is 9.13 Å². The highest BCUT2D eigenvalue weighted by molar-refractivity contribution is 6.30. The van der Waals surface area contributed by atoms with Gasteiger partial charge in [-0.25, -0.2) is 4.39 Å². The van der Waals surface area contributed by atoms with Gasteiger partial charge in [0.25, 0.3) is 0 Å². The van der Waals surface area contributed by atoms with Crippen molar-refractivity contribution in [3.8, 4) is 0 Å². The van der Waals surface area contributed by atoms with Gasteiger partial charge < -0.3 is 4.74 Å². The molecule has 2 atom stereocenters. The molecule has 88 valence electrons. The maximum atomic E-state index is 13.7. The SMILES string of the molecule is Fc1ccc(Cl)cc1C1OCCCC1CCl. The maximum absolute atomic E-state index is 13.7. The first-order chi connectivity index (χ1) is 7.72. The Hall–Kier alpha value is -0.310. The van der Waals surface area contributed by atoms with Crippen LogP contribution in [0.3, 0.4) is 0 Å². The topological polar surface area (TPSA) is 9.23 Å². The summed E-state index contributed by atoms with van der Waals surface area (Å²) in [5.41, 5.74) is 0.526. The molecule has 0 aliphatic carbocycles. The van der Waals surface area contributed by atoms with Gasteiger partial charge in [0.1, 0.15) is 5.82 Å². The van der Waals surface area contributed by atoms with Crippen molar-refractivity contribution in [1.29, 1.82) is 0 Å². The molecular weight excluding hydrogens is 250 g/mol. The lowest BCUT2D eigenvalue weighted by atomic mass is 9.91. The molecule has 1 fully saturated rings. The van der Waals surface area contributed by atoms with Crippen LogP contribution in [0, 0.1) is 11.7 Å². The molecule has 0 bridgehead atoms. The minimum Gasteiger partial charge on any atom is -0.373 e. The smallest absolute Gasteiger partial charge is 0.129 e. The van der Waals surface area contributed by atoms with Gasteiger partial charge in [0.2, 0.25) is 0 Å². The molecule has 1 saturated heterocycles. The van der Waals surface area contributed by atoms with Gasteiger partial charge >= 0.3 is 0 Å². The van der Waals surface area contributed by atoms with E-state index in [4.69, 9.17) is 27.9 Å².